The molecule has 1 aromatic carbocycles. The average Bonchev–Trinajstić information content (AvgIpc) is 2.38. The highest BCUT2D eigenvalue weighted by atomic mass is 33.1. The van der Waals surface area contributed by atoms with Gasteiger partial charge in [0.1, 0.15) is 5.75 Å². The lowest BCUT2D eigenvalue weighted by molar-refractivity contribution is 0.459. The molecule has 2 aromatic rings. The second kappa shape index (κ2) is 6.63. The zero-order chi connectivity index (χ0) is 12.8. The molecule has 0 aliphatic rings. The summed E-state index contributed by atoms with van der Waals surface area (Å²) in [6.45, 7) is 0.781. The van der Waals surface area contributed by atoms with E-state index in [1.807, 2.05) is 24.3 Å². The van der Waals surface area contributed by atoms with Gasteiger partial charge in [-0.05, 0) is 24.0 Å². The molecule has 0 radical (unpaired) electrons. The third-order valence-electron chi connectivity index (χ3n) is 2.17. The Morgan fingerprint density at radius 1 is 1.39 bits per heavy atom. The molecular formula is C12H15N3OS2. The van der Waals surface area contributed by atoms with Gasteiger partial charge in [-0.3, -0.25) is 9.71 Å². The molecule has 1 unspecified atom stereocenters. The van der Waals surface area contributed by atoms with Crippen molar-refractivity contribution in [3.05, 3.63) is 48.4 Å². The van der Waals surface area contributed by atoms with Gasteiger partial charge in [0, 0.05) is 18.9 Å². The summed E-state index contributed by atoms with van der Waals surface area (Å²) in [5, 5.41) is 0. The van der Waals surface area contributed by atoms with Gasteiger partial charge in [0.15, 0.2) is 0 Å². The topological polar surface area (TPSA) is 47.0 Å². The maximum absolute atomic E-state index is 5.61. The molecule has 1 N–H and O–H groups in total. The number of aromatic nitrogens is 2. The molecule has 0 aliphatic heterocycles. The summed E-state index contributed by atoms with van der Waals surface area (Å²) in [5.74, 6) is 1.25. The van der Waals surface area contributed by atoms with E-state index in [0.717, 1.165) is 17.9 Å². The van der Waals surface area contributed by atoms with E-state index in [9.17, 15) is 0 Å². The van der Waals surface area contributed by atoms with E-state index in [0.29, 0.717) is 5.88 Å². The van der Waals surface area contributed by atoms with Crippen LogP contribution < -0.4 is 9.46 Å². The maximum Gasteiger partial charge on any atom is 0.237 e. The number of nitrogens with one attached hydrogen (secondary N) is 1. The third kappa shape index (κ3) is 4.21. The highest BCUT2D eigenvalue weighted by Gasteiger charge is 2.00. The van der Waals surface area contributed by atoms with Gasteiger partial charge < -0.3 is 4.74 Å². The molecule has 1 heterocycles. The Balaban J connectivity index is 2.03. The van der Waals surface area contributed by atoms with Crippen molar-refractivity contribution >= 4 is 21.8 Å². The molecule has 0 spiro atoms. The summed E-state index contributed by atoms with van der Waals surface area (Å²) in [5.41, 5.74) is 1.15. The molecular weight excluding hydrogens is 266 g/mol. The predicted molar refractivity (Wildman–Crippen MR) is 79.3 cm³/mol. The molecule has 0 aliphatic carbocycles. The van der Waals surface area contributed by atoms with Crippen molar-refractivity contribution in [2.75, 3.05) is 6.26 Å². The van der Waals surface area contributed by atoms with E-state index in [1.54, 1.807) is 18.6 Å². The van der Waals surface area contributed by atoms with Crippen molar-refractivity contribution in [2.24, 2.45) is 0 Å². The van der Waals surface area contributed by atoms with Gasteiger partial charge in [-0.1, -0.05) is 12.1 Å². The number of rotatable bonds is 5. The molecule has 96 valence electrons. The third-order valence-corrected chi connectivity index (χ3v) is 3.21. The fraction of sp³-hybridized carbons (Fsp3) is 0.167. The van der Waals surface area contributed by atoms with E-state index >= 15 is 0 Å². The minimum absolute atomic E-state index is 0.401. The summed E-state index contributed by atoms with van der Waals surface area (Å²) in [6, 6.07) is 7.88. The van der Waals surface area contributed by atoms with E-state index in [1.165, 1.54) is 0 Å². The van der Waals surface area contributed by atoms with Crippen LogP contribution in [0.25, 0.3) is 0 Å². The molecule has 0 saturated heterocycles. The molecule has 0 bridgehead atoms. The molecule has 1 aromatic heterocycles. The van der Waals surface area contributed by atoms with Crippen LogP contribution in [0.15, 0.2) is 42.9 Å². The molecule has 0 saturated carbocycles. The SMILES string of the molecule is C[SH](S)NCc1cccc(Oc2cnccn2)c1. The first-order valence-electron chi connectivity index (χ1n) is 5.43. The van der Waals surface area contributed by atoms with Crippen molar-refractivity contribution < 1.29 is 4.74 Å². The van der Waals surface area contributed by atoms with Crippen molar-refractivity contribution in [2.45, 2.75) is 6.54 Å². The van der Waals surface area contributed by atoms with Gasteiger partial charge in [0.25, 0.3) is 0 Å². The fourth-order valence-corrected chi connectivity index (χ4v) is 2.01. The van der Waals surface area contributed by atoms with Gasteiger partial charge in [-0.2, -0.15) is 10.1 Å². The Morgan fingerprint density at radius 3 is 3.00 bits per heavy atom. The molecule has 4 nitrogen and oxygen atoms in total. The van der Waals surface area contributed by atoms with Crippen LogP contribution in [0.2, 0.25) is 0 Å². The first-order chi connectivity index (χ1) is 8.74. The van der Waals surface area contributed by atoms with Gasteiger partial charge in [0.2, 0.25) is 5.88 Å². The standard InChI is InChI=1S/C12H15N3OS2/c1-18(17)15-8-10-3-2-4-11(7-10)16-12-9-13-5-6-14-12/h2-7,9,15,17-18H,8H2,1H3. The Labute approximate surface area is 114 Å². The normalized spacial score (nSPS) is 13.1. The lowest BCUT2D eigenvalue weighted by Crippen LogP contribution is -2.05. The first kappa shape index (κ1) is 13.2. The molecule has 2 rings (SSSR count). The van der Waals surface area contributed by atoms with Gasteiger partial charge >= 0.3 is 0 Å². The second-order valence-electron chi connectivity index (χ2n) is 3.65. The van der Waals surface area contributed by atoms with Crippen LogP contribution in [0.4, 0.5) is 0 Å². The van der Waals surface area contributed by atoms with Crippen molar-refractivity contribution in [3.63, 3.8) is 0 Å². The molecule has 0 amide bonds. The minimum Gasteiger partial charge on any atom is -0.437 e. The highest BCUT2D eigenvalue weighted by molar-refractivity contribution is 8.77. The average molecular weight is 281 g/mol. The van der Waals surface area contributed by atoms with Crippen LogP contribution >= 0.6 is 21.8 Å². The Hall–Kier alpha value is -1.24. The van der Waals surface area contributed by atoms with Crippen LogP contribution in [0.3, 0.4) is 0 Å². The number of nitrogens with zero attached hydrogens (tertiary/aromatic N) is 2. The Kier molecular flexibility index (Phi) is 4.86. The van der Waals surface area contributed by atoms with Gasteiger partial charge in [-0.15, -0.1) is 11.7 Å². The zero-order valence-electron chi connectivity index (χ0n) is 9.95. The summed E-state index contributed by atoms with van der Waals surface area (Å²) >= 11 is 4.34. The minimum atomic E-state index is -0.401. The molecule has 0 fully saturated rings. The van der Waals surface area contributed by atoms with Crippen LogP contribution in [0.1, 0.15) is 5.56 Å². The Bertz CT molecular complexity index is 494. The van der Waals surface area contributed by atoms with E-state index in [2.05, 4.69) is 32.6 Å². The van der Waals surface area contributed by atoms with E-state index in [4.69, 9.17) is 4.74 Å². The lowest BCUT2D eigenvalue weighted by atomic mass is 10.2. The molecule has 18 heavy (non-hydrogen) atoms. The van der Waals surface area contributed by atoms with Crippen LogP contribution in [0, 0.1) is 0 Å². The van der Waals surface area contributed by atoms with Crippen LogP contribution in [-0.2, 0) is 6.54 Å². The largest absolute Gasteiger partial charge is 0.437 e. The summed E-state index contributed by atoms with van der Waals surface area (Å²) in [6.07, 6.45) is 6.86. The lowest BCUT2D eigenvalue weighted by Gasteiger charge is -2.11. The van der Waals surface area contributed by atoms with Crippen molar-refractivity contribution in [1.82, 2.24) is 14.7 Å². The number of hydrogen-bond acceptors (Lipinski definition) is 5. The van der Waals surface area contributed by atoms with Gasteiger partial charge in [0.05, 0.1) is 6.20 Å². The summed E-state index contributed by atoms with van der Waals surface area (Å²) in [7, 11) is -0.401. The highest BCUT2D eigenvalue weighted by Crippen LogP contribution is 2.22. The van der Waals surface area contributed by atoms with E-state index in [-0.39, 0.29) is 0 Å². The molecule has 6 heteroatoms. The summed E-state index contributed by atoms with van der Waals surface area (Å²) in [4.78, 5) is 8.02. The van der Waals surface area contributed by atoms with Gasteiger partial charge in [-0.25, -0.2) is 4.98 Å². The number of thiol groups is 2. The fourth-order valence-electron chi connectivity index (χ4n) is 1.38. The van der Waals surface area contributed by atoms with Crippen LogP contribution in [0.5, 0.6) is 11.6 Å². The Morgan fingerprint density at radius 2 is 2.28 bits per heavy atom. The second-order valence-corrected chi connectivity index (χ2v) is 6.82. The van der Waals surface area contributed by atoms with Crippen molar-refractivity contribution in [1.29, 1.82) is 0 Å². The quantitative estimate of drug-likeness (QED) is 0.582. The number of benzene rings is 1. The maximum atomic E-state index is 5.61. The number of hydrogen-bond donors (Lipinski definition) is 3. The predicted octanol–water partition coefficient (Wildman–Crippen LogP) is 2.75. The molecule has 1 atom stereocenters. The smallest absolute Gasteiger partial charge is 0.237 e. The zero-order valence-corrected chi connectivity index (χ0v) is 11.7. The first-order valence-corrected chi connectivity index (χ1v) is 8.37. The number of ether oxygens (including phenoxy) is 1. The van der Waals surface area contributed by atoms with E-state index < -0.39 is 10.1 Å². The van der Waals surface area contributed by atoms with Crippen LogP contribution in [-0.4, -0.2) is 16.2 Å². The van der Waals surface area contributed by atoms with Crippen molar-refractivity contribution in [3.8, 4) is 11.6 Å². The summed E-state index contributed by atoms with van der Waals surface area (Å²) < 4.78 is 8.91. The monoisotopic (exact) mass is 281 g/mol.